The number of benzene rings is 10. The van der Waals surface area contributed by atoms with Crippen LogP contribution in [-0.4, -0.2) is 6.71 Å². The van der Waals surface area contributed by atoms with Gasteiger partial charge in [0.15, 0.2) is 0 Å². The number of rotatable bonds is 5. The van der Waals surface area contributed by atoms with Crippen LogP contribution in [0.4, 0.5) is 51.2 Å². The Labute approximate surface area is 430 Å². The van der Waals surface area contributed by atoms with Crippen molar-refractivity contribution >= 4 is 74.3 Å². The Balaban J connectivity index is 1.07. The summed E-state index contributed by atoms with van der Waals surface area (Å²) in [5.74, 6) is 0. The van der Waals surface area contributed by atoms with E-state index in [1.807, 2.05) is 0 Å². The van der Waals surface area contributed by atoms with Gasteiger partial charge < -0.3 is 14.7 Å². The second-order valence-corrected chi connectivity index (χ2v) is 22.5. The number of para-hydroxylation sites is 3. The highest BCUT2D eigenvalue weighted by Crippen LogP contribution is 2.63. The molecule has 3 nitrogen and oxygen atoms in total. The van der Waals surface area contributed by atoms with Crippen molar-refractivity contribution in [1.82, 2.24) is 0 Å². The zero-order valence-electron chi connectivity index (χ0n) is 42.4. The van der Waals surface area contributed by atoms with Gasteiger partial charge in [0, 0.05) is 45.5 Å². The first-order valence-electron chi connectivity index (χ1n) is 26.0. The molecule has 14 rings (SSSR count). The first-order valence-corrected chi connectivity index (χ1v) is 26.0. The predicted molar refractivity (Wildman–Crippen MR) is 309 cm³/mol. The molecule has 0 fully saturated rings. The fourth-order valence-electron chi connectivity index (χ4n) is 13.0. The molecule has 0 N–H and O–H groups in total. The molecule has 0 unspecified atom stereocenters. The highest BCUT2D eigenvalue weighted by molar-refractivity contribution is 7.00. The van der Waals surface area contributed by atoms with Gasteiger partial charge in [-0.3, -0.25) is 0 Å². The quantitative estimate of drug-likeness (QED) is 0.159. The Morgan fingerprint density at radius 3 is 1.37 bits per heavy atom. The average molecular weight is 938 g/mol. The molecule has 10 aromatic carbocycles. The van der Waals surface area contributed by atoms with Crippen molar-refractivity contribution in [3.05, 3.63) is 264 Å². The van der Waals surface area contributed by atoms with Crippen LogP contribution >= 0.6 is 0 Å². The van der Waals surface area contributed by atoms with Gasteiger partial charge in [0.05, 0.1) is 11.1 Å². The van der Waals surface area contributed by atoms with Gasteiger partial charge in [-0.05, 0) is 156 Å². The van der Waals surface area contributed by atoms with Gasteiger partial charge in [0.25, 0.3) is 6.71 Å². The third kappa shape index (κ3) is 6.32. The van der Waals surface area contributed by atoms with E-state index in [1.54, 1.807) is 0 Å². The fraction of sp³-hybridized carbons (Fsp3) is 0.130. The SMILES string of the molecule is CC(C)(C)c1ccc(N2c3ccc(C(C)(C)C)cc3B3c4ccccc4N(c4ccc5c(c4)-c4ccccc4C54c5ccccc5-c5ccccc54)c4cc(N(c5ccccc5)c5ccccc5)cc2c43)cc1. The van der Waals surface area contributed by atoms with Crippen molar-refractivity contribution in [2.24, 2.45) is 0 Å². The maximum absolute atomic E-state index is 2.59. The van der Waals surface area contributed by atoms with Crippen LogP contribution in [0.15, 0.2) is 231 Å². The van der Waals surface area contributed by atoms with Crippen molar-refractivity contribution < 1.29 is 0 Å². The van der Waals surface area contributed by atoms with Gasteiger partial charge in [0.2, 0.25) is 0 Å². The van der Waals surface area contributed by atoms with Crippen LogP contribution in [-0.2, 0) is 16.2 Å². The van der Waals surface area contributed by atoms with Crippen LogP contribution in [0.5, 0.6) is 0 Å². The maximum atomic E-state index is 2.59. The van der Waals surface area contributed by atoms with Gasteiger partial charge >= 0.3 is 0 Å². The minimum atomic E-state index is -0.426. The smallest absolute Gasteiger partial charge is 0.252 e. The average Bonchev–Trinajstić information content (AvgIpc) is 3.88. The highest BCUT2D eigenvalue weighted by atomic mass is 15.2. The van der Waals surface area contributed by atoms with E-state index < -0.39 is 5.41 Å². The Morgan fingerprint density at radius 2 is 0.795 bits per heavy atom. The van der Waals surface area contributed by atoms with Crippen molar-refractivity contribution in [2.45, 2.75) is 57.8 Å². The van der Waals surface area contributed by atoms with Crippen LogP contribution in [0, 0.1) is 0 Å². The Kier molecular flexibility index (Phi) is 9.42. The van der Waals surface area contributed by atoms with E-state index in [4.69, 9.17) is 0 Å². The van der Waals surface area contributed by atoms with E-state index in [9.17, 15) is 0 Å². The molecule has 0 saturated heterocycles. The first kappa shape index (κ1) is 43.5. The number of hydrogen-bond donors (Lipinski definition) is 0. The summed E-state index contributed by atoms with van der Waals surface area (Å²) in [7, 11) is 0. The standard InChI is InChI=1S/C69H56BN3/c1-67(2,3)45-33-36-49(37-34-45)72-63-40-35-46(68(4,5)6)41-61(63)70-60-31-19-20-32-62(60)73(65-44-51(43-64(72)66(65)70)71(47-21-9-7-10-22-47)48-23-11-8-12-24-48)50-38-39-59-55(42-50)54-27-15-18-30-58(54)69(59)56-28-16-13-25-52(56)53-26-14-17-29-57(53)69/h7-44H,1-6H3. The third-order valence-corrected chi connectivity index (χ3v) is 16.3. The maximum Gasteiger partial charge on any atom is 0.252 e. The third-order valence-electron chi connectivity index (χ3n) is 16.3. The summed E-state index contributed by atoms with van der Waals surface area (Å²) >= 11 is 0. The summed E-state index contributed by atoms with van der Waals surface area (Å²) in [6.45, 7) is 13.9. The van der Waals surface area contributed by atoms with Gasteiger partial charge in [-0.2, -0.15) is 0 Å². The largest absolute Gasteiger partial charge is 0.311 e. The Hall–Kier alpha value is -8.34. The molecular weight excluding hydrogens is 882 g/mol. The molecule has 1 spiro atoms. The normalized spacial score (nSPS) is 14.2. The lowest BCUT2D eigenvalue weighted by molar-refractivity contribution is 0.590. The van der Waals surface area contributed by atoms with Crippen LogP contribution in [0.25, 0.3) is 22.3 Å². The molecule has 0 aromatic heterocycles. The Morgan fingerprint density at radius 1 is 0.342 bits per heavy atom. The zero-order chi connectivity index (χ0) is 49.4. The summed E-state index contributed by atoms with van der Waals surface area (Å²) in [4.78, 5) is 7.58. The minimum absolute atomic E-state index is 0.0146. The van der Waals surface area contributed by atoms with Gasteiger partial charge in [-0.25, -0.2) is 0 Å². The van der Waals surface area contributed by atoms with E-state index >= 15 is 0 Å². The molecule has 2 heterocycles. The second kappa shape index (κ2) is 15.8. The highest BCUT2D eigenvalue weighted by Gasteiger charge is 2.52. The molecule has 350 valence electrons. The first-order chi connectivity index (χ1) is 35.5. The van der Waals surface area contributed by atoms with E-state index in [2.05, 4.69) is 287 Å². The predicted octanol–water partition coefficient (Wildman–Crippen LogP) is 16.2. The van der Waals surface area contributed by atoms with Gasteiger partial charge in [-0.15, -0.1) is 0 Å². The van der Waals surface area contributed by atoms with Gasteiger partial charge in [0.1, 0.15) is 0 Å². The van der Waals surface area contributed by atoms with E-state index in [0.29, 0.717) is 0 Å². The van der Waals surface area contributed by atoms with E-state index in [0.717, 1.165) is 28.4 Å². The summed E-state index contributed by atoms with van der Waals surface area (Å²) in [6, 6.07) is 87.2. The summed E-state index contributed by atoms with van der Waals surface area (Å²) in [5, 5.41) is 0. The van der Waals surface area contributed by atoms with Crippen molar-refractivity contribution in [2.75, 3.05) is 14.7 Å². The lowest BCUT2D eigenvalue weighted by atomic mass is 9.33. The van der Waals surface area contributed by atoms with Crippen molar-refractivity contribution in [3.63, 3.8) is 0 Å². The molecule has 4 heteroatoms. The lowest BCUT2D eigenvalue weighted by Gasteiger charge is -2.45. The van der Waals surface area contributed by atoms with Crippen molar-refractivity contribution in [3.8, 4) is 22.3 Å². The topological polar surface area (TPSA) is 9.72 Å². The molecule has 2 aliphatic heterocycles. The molecule has 2 aliphatic carbocycles. The number of nitrogens with zero attached hydrogens (tertiary/aromatic N) is 3. The molecule has 0 radical (unpaired) electrons. The molecule has 0 atom stereocenters. The molecule has 0 saturated carbocycles. The van der Waals surface area contributed by atoms with E-state index in [1.165, 1.54) is 94.8 Å². The van der Waals surface area contributed by atoms with E-state index in [-0.39, 0.29) is 17.5 Å². The summed E-state index contributed by atoms with van der Waals surface area (Å²) < 4.78 is 0. The monoisotopic (exact) mass is 937 g/mol. The Bertz CT molecular complexity index is 3760. The van der Waals surface area contributed by atoms with Crippen molar-refractivity contribution in [1.29, 1.82) is 0 Å². The fourth-order valence-corrected chi connectivity index (χ4v) is 13.0. The molecule has 0 amide bonds. The minimum Gasteiger partial charge on any atom is -0.311 e. The summed E-state index contributed by atoms with van der Waals surface area (Å²) in [6.07, 6.45) is 0. The molecule has 73 heavy (non-hydrogen) atoms. The van der Waals surface area contributed by atoms with Crippen LogP contribution < -0.4 is 31.1 Å². The number of fused-ring (bicyclic) bond motifs is 14. The molecular formula is C69H56BN3. The molecule has 0 bridgehead atoms. The second-order valence-electron chi connectivity index (χ2n) is 22.5. The lowest BCUT2D eigenvalue weighted by Crippen LogP contribution is -2.61. The summed E-state index contributed by atoms with van der Waals surface area (Å²) in [5.41, 5.74) is 27.0. The molecule has 10 aromatic rings. The molecule has 4 aliphatic rings. The van der Waals surface area contributed by atoms with Crippen LogP contribution in [0.2, 0.25) is 0 Å². The number of anilines is 9. The van der Waals surface area contributed by atoms with Crippen LogP contribution in [0.1, 0.15) is 74.9 Å². The number of hydrogen-bond acceptors (Lipinski definition) is 3. The van der Waals surface area contributed by atoms with Crippen LogP contribution in [0.3, 0.4) is 0 Å². The zero-order valence-corrected chi connectivity index (χ0v) is 42.4. The van der Waals surface area contributed by atoms with Gasteiger partial charge in [-0.1, -0.05) is 199 Å².